The molecule has 0 unspecified atom stereocenters. The summed E-state index contributed by atoms with van der Waals surface area (Å²) in [4.78, 5) is 25.2. The van der Waals surface area contributed by atoms with Crippen molar-refractivity contribution in [3.63, 3.8) is 0 Å². The third kappa shape index (κ3) is 4.01. The van der Waals surface area contributed by atoms with E-state index in [-0.39, 0.29) is 5.78 Å². The summed E-state index contributed by atoms with van der Waals surface area (Å²) in [5, 5.41) is 0. The number of hydrogen-bond acceptors (Lipinski definition) is 5. The van der Waals surface area contributed by atoms with Crippen molar-refractivity contribution < 1.29 is 23.5 Å². The Bertz CT molecular complexity index is 967. The lowest BCUT2D eigenvalue weighted by Gasteiger charge is -2.13. The van der Waals surface area contributed by atoms with Crippen molar-refractivity contribution in [2.45, 2.75) is 33.4 Å². The number of Topliss-reactive ketones (excluding diaryl/α,β-unsaturated/α-hetero) is 1. The van der Waals surface area contributed by atoms with Gasteiger partial charge in [-0.2, -0.15) is 0 Å². The lowest BCUT2D eigenvalue weighted by Crippen LogP contribution is -2.24. The van der Waals surface area contributed by atoms with E-state index in [1.165, 1.54) is 0 Å². The lowest BCUT2D eigenvalue weighted by atomic mass is 10.1. The standard InChI is InChI=1S/C22H23NO5/c1-14-12-20(15(2)23(14)13-19-6-5-11-27-19)22(25)28-16(3)21(24)17-7-9-18(26-4)10-8-17/h5-12,16H,13H2,1-4H3/t16-/m1/s1. The fourth-order valence-electron chi connectivity index (χ4n) is 3.08. The van der Waals surface area contributed by atoms with Crippen molar-refractivity contribution >= 4 is 11.8 Å². The number of methoxy groups -OCH3 is 1. The van der Waals surface area contributed by atoms with E-state index in [1.807, 2.05) is 30.5 Å². The van der Waals surface area contributed by atoms with Gasteiger partial charge in [0.25, 0.3) is 0 Å². The number of carbonyl (C=O) groups is 2. The smallest absolute Gasteiger partial charge is 0.340 e. The largest absolute Gasteiger partial charge is 0.497 e. The normalized spacial score (nSPS) is 11.9. The van der Waals surface area contributed by atoms with Crippen LogP contribution in [0.15, 0.2) is 53.1 Å². The highest BCUT2D eigenvalue weighted by atomic mass is 16.5. The van der Waals surface area contributed by atoms with Gasteiger partial charge in [0, 0.05) is 17.0 Å². The fourth-order valence-corrected chi connectivity index (χ4v) is 3.08. The number of hydrogen-bond donors (Lipinski definition) is 0. The number of rotatable bonds is 7. The van der Waals surface area contributed by atoms with Crippen LogP contribution in [-0.4, -0.2) is 29.5 Å². The molecule has 0 fully saturated rings. The maximum atomic E-state index is 12.6. The fraction of sp³-hybridized carbons (Fsp3) is 0.273. The van der Waals surface area contributed by atoms with Gasteiger partial charge >= 0.3 is 5.97 Å². The third-order valence-electron chi connectivity index (χ3n) is 4.72. The molecule has 0 radical (unpaired) electrons. The number of nitrogens with zero attached hydrogens (tertiary/aromatic N) is 1. The molecule has 0 N–H and O–H groups in total. The number of carbonyl (C=O) groups excluding carboxylic acids is 2. The lowest BCUT2D eigenvalue weighted by molar-refractivity contribution is 0.0318. The molecule has 6 nitrogen and oxygen atoms in total. The molecule has 0 saturated heterocycles. The molecule has 3 aromatic rings. The molecule has 0 bridgehead atoms. The first-order valence-electron chi connectivity index (χ1n) is 8.99. The first kappa shape index (κ1) is 19.5. The molecule has 1 atom stereocenters. The number of ether oxygens (including phenoxy) is 2. The second-order valence-electron chi connectivity index (χ2n) is 6.59. The Morgan fingerprint density at radius 1 is 1.14 bits per heavy atom. The maximum Gasteiger partial charge on any atom is 0.340 e. The van der Waals surface area contributed by atoms with Crippen LogP contribution in [0.25, 0.3) is 0 Å². The van der Waals surface area contributed by atoms with Gasteiger partial charge in [-0.25, -0.2) is 4.79 Å². The predicted molar refractivity (Wildman–Crippen MR) is 104 cm³/mol. The topological polar surface area (TPSA) is 70.7 Å². The van der Waals surface area contributed by atoms with Gasteiger partial charge in [-0.15, -0.1) is 0 Å². The van der Waals surface area contributed by atoms with Crippen molar-refractivity contribution in [1.29, 1.82) is 0 Å². The summed E-state index contributed by atoms with van der Waals surface area (Å²) in [6.07, 6.45) is 0.722. The van der Waals surface area contributed by atoms with Gasteiger partial charge in [-0.3, -0.25) is 4.79 Å². The highest BCUT2D eigenvalue weighted by Gasteiger charge is 2.23. The second kappa shape index (κ2) is 8.17. The molecule has 6 heteroatoms. The van der Waals surface area contributed by atoms with Crippen LogP contribution in [0.1, 0.15) is 44.8 Å². The summed E-state index contributed by atoms with van der Waals surface area (Å²) in [5.41, 5.74) is 2.58. The average molecular weight is 381 g/mol. The van der Waals surface area contributed by atoms with Crippen LogP contribution in [0.5, 0.6) is 5.75 Å². The number of furan rings is 1. The van der Waals surface area contributed by atoms with E-state index in [0.29, 0.717) is 23.4 Å². The van der Waals surface area contributed by atoms with Crippen LogP contribution < -0.4 is 4.74 Å². The van der Waals surface area contributed by atoms with E-state index >= 15 is 0 Å². The third-order valence-corrected chi connectivity index (χ3v) is 4.72. The van der Waals surface area contributed by atoms with Crippen LogP contribution in [0.3, 0.4) is 0 Å². The molecule has 3 rings (SSSR count). The number of esters is 1. The Labute approximate surface area is 163 Å². The van der Waals surface area contributed by atoms with Gasteiger partial charge in [0.15, 0.2) is 6.10 Å². The van der Waals surface area contributed by atoms with E-state index in [4.69, 9.17) is 13.9 Å². The van der Waals surface area contributed by atoms with Crippen LogP contribution in [0.4, 0.5) is 0 Å². The highest BCUT2D eigenvalue weighted by Crippen LogP contribution is 2.20. The molecular formula is C22H23NO5. The minimum atomic E-state index is -0.894. The Balaban J connectivity index is 1.72. The summed E-state index contributed by atoms with van der Waals surface area (Å²) >= 11 is 0. The quantitative estimate of drug-likeness (QED) is 0.453. The zero-order chi connectivity index (χ0) is 20.3. The molecule has 2 heterocycles. The average Bonchev–Trinajstić information content (AvgIpc) is 3.31. The highest BCUT2D eigenvalue weighted by molar-refractivity contribution is 6.01. The number of aromatic nitrogens is 1. The Hall–Kier alpha value is -3.28. The molecule has 2 aromatic heterocycles. The zero-order valence-corrected chi connectivity index (χ0v) is 16.4. The van der Waals surface area contributed by atoms with Crippen LogP contribution >= 0.6 is 0 Å². The van der Waals surface area contributed by atoms with Gasteiger partial charge in [0.2, 0.25) is 5.78 Å². The predicted octanol–water partition coefficient (Wildman–Crippen LogP) is 4.18. The van der Waals surface area contributed by atoms with Crippen LogP contribution in [0.2, 0.25) is 0 Å². The van der Waals surface area contributed by atoms with Crippen molar-refractivity contribution in [3.8, 4) is 5.75 Å². The van der Waals surface area contributed by atoms with Gasteiger partial charge in [-0.1, -0.05) is 0 Å². The minimum absolute atomic E-state index is 0.264. The number of benzene rings is 1. The molecule has 0 aliphatic heterocycles. The van der Waals surface area contributed by atoms with Crippen molar-refractivity contribution in [2.24, 2.45) is 0 Å². The summed E-state index contributed by atoms with van der Waals surface area (Å²) < 4.78 is 17.9. The van der Waals surface area contributed by atoms with Crippen molar-refractivity contribution in [1.82, 2.24) is 4.57 Å². The maximum absolute atomic E-state index is 12.6. The second-order valence-corrected chi connectivity index (χ2v) is 6.59. The molecule has 0 spiro atoms. The Morgan fingerprint density at radius 2 is 1.86 bits per heavy atom. The number of ketones is 1. The van der Waals surface area contributed by atoms with Crippen molar-refractivity contribution in [3.05, 3.63) is 77.0 Å². The van der Waals surface area contributed by atoms with E-state index in [1.54, 1.807) is 50.6 Å². The first-order valence-corrected chi connectivity index (χ1v) is 8.99. The molecule has 0 aliphatic carbocycles. The van der Waals surface area contributed by atoms with Gasteiger partial charge in [0.1, 0.15) is 11.5 Å². The van der Waals surface area contributed by atoms with Crippen LogP contribution in [-0.2, 0) is 11.3 Å². The molecule has 28 heavy (non-hydrogen) atoms. The zero-order valence-electron chi connectivity index (χ0n) is 16.4. The Kier molecular flexibility index (Phi) is 5.68. The SMILES string of the molecule is COc1ccc(C(=O)[C@@H](C)OC(=O)c2cc(C)n(Cc3ccco3)c2C)cc1. The minimum Gasteiger partial charge on any atom is -0.497 e. The molecule has 0 amide bonds. The van der Waals surface area contributed by atoms with E-state index < -0.39 is 12.1 Å². The summed E-state index contributed by atoms with van der Waals surface area (Å²) in [7, 11) is 1.56. The summed E-state index contributed by atoms with van der Waals surface area (Å²) in [6, 6.07) is 12.2. The van der Waals surface area contributed by atoms with E-state index in [0.717, 1.165) is 17.1 Å². The number of aryl methyl sites for hydroxylation is 1. The monoisotopic (exact) mass is 381 g/mol. The van der Waals surface area contributed by atoms with Gasteiger partial charge < -0.3 is 18.5 Å². The molecule has 0 aliphatic rings. The van der Waals surface area contributed by atoms with Crippen LogP contribution in [0, 0.1) is 13.8 Å². The summed E-state index contributed by atoms with van der Waals surface area (Å²) in [6.45, 7) is 5.87. The molecular weight excluding hydrogens is 358 g/mol. The molecule has 146 valence electrons. The Morgan fingerprint density at radius 3 is 2.46 bits per heavy atom. The van der Waals surface area contributed by atoms with E-state index in [9.17, 15) is 9.59 Å². The molecule has 1 aromatic carbocycles. The first-order chi connectivity index (χ1) is 13.4. The van der Waals surface area contributed by atoms with Gasteiger partial charge in [0.05, 0.1) is 25.5 Å². The summed E-state index contributed by atoms with van der Waals surface area (Å²) in [5.74, 6) is 0.670. The van der Waals surface area contributed by atoms with Gasteiger partial charge in [-0.05, 0) is 63.2 Å². The van der Waals surface area contributed by atoms with Crippen molar-refractivity contribution in [2.75, 3.05) is 7.11 Å². The van der Waals surface area contributed by atoms with E-state index in [2.05, 4.69) is 0 Å². The molecule has 0 saturated carbocycles.